The first-order valence-corrected chi connectivity index (χ1v) is 9.12. The van der Waals surface area contributed by atoms with Crippen LogP contribution in [0.25, 0.3) is 0 Å². The second-order valence-electron chi connectivity index (χ2n) is 5.52. The predicted octanol–water partition coefficient (Wildman–Crippen LogP) is 2.89. The molecule has 1 aromatic carbocycles. The first kappa shape index (κ1) is 16.2. The SMILES string of the molecule is Cc1ccc(O[C@@H]2CCN(S(=O)(=O)c3cccc(Cl)c3)C2)nc1. The molecule has 0 spiro atoms. The lowest BCUT2D eigenvalue weighted by Gasteiger charge is -2.17. The molecule has 1 aliphatic rings. The summed E-state index contributed by atoms with van der Waals surface area (Å²) in [6.07, 6.45) is 2.17. The van der Waals surface area contributed by atoms with Gasteiger partial charge in [0, 0.05) is 23.8 Å². The summed E-state index contributed by atoms with van der Waals surface area (Å²) in [6.45, 7) is 2.68. The summed E-state index contributed by atoms with van der Waals surface area (Å²) in [6, 6.07) is 10.0. The monoisotopic (exact) mass is 352 g/mol. The van der Waals surface area contributed by atoms with Gasteiger partial charge in [0.05, 0.1) is 11.4 Å². The Kier molecular flexibility index (Phi) is 4.57. The average molecular weight is 353 g/mol. The summed E-state index contributed by atoms with van der Waals surface area (Å²) in [5.74, 6) is 0.516. The molecular formula is C16H17ClN2O3S. The van der Waals surface area contributed by atoms with Crippen LogP contribution >= 0.6 is 11.6 Å². The average Bonchev–Trinajstić information content (AvgIpc) is 2.99. The smallest absolute Gasteiger partial charge is 0.243 e. The van der Waals surface area contributed by atoms with Crippen LogP contribution in [-0.4, -0.2) is 36.9 Å². The van der Waals surface area contributed by atoms with Gasteiger partial charge in [0.15, 0.2) is 0 Å². The van der Waals surface area contributed by atoms with E-state index in [1.54, 1.807) is 30.5 Å². The normalized spacial score (nSPS) is 19.0. The number of aromatic nitrogens is 1. The van der Waals surface area contributed by atoms with Crippen molar-refractivity contribution in [3.8, 4) is 5.88 Å². The van der Waals surface area contributed by atoms with Gasteiger partial charge in [-0.05, 0) is 37.1 Å². The zero-order valence-electron chi connectivity index (χ0n) is 12.6. The number of pyridine rings is 1. The molecule has 1 saturated heterocycles. The molecule has 0 amide bonds. The maximum absolute atomic E-state index is 12.6. The fourth-order valence-corrected chi connectivity index (χ4v) is 4.27. The van der Waals surface area contributed by atoms with Crippen molar-refractivity contribution in [1.29, 1.82) is 0 Å². The highest BCUT2D eigenvalue weighted by Gasteiger charge is 2.33. The van der Waals surface area contributed by atoms with E-state index in [0.29, 0.717) is 30.4 Å². The molecule has 1 atom stereocenters. The molecule has 5 nitrogen and oxygen atoms in total. The quantitative estimate of drug-likeness (QED) is 0.849. The third kappa shape index (κ3) is 3.65. The molecular weight excluding hydrogens is 336 g/mol. The van der Waals surface area contributed by atoms with Gasteiger partial charge in [0.2, 0.25) is 15.9 Å². The lowest BCUT2D eigenvalue weighted by Crippen LogP contribution is -2.31. The van der Waals surface area contributed by atoms with Crippen LogP contribution in [0.4, 0.5) is 0 Å². The van der Waals surface area contributed by atoms with Crippen molar-refractivity contribution >= 4 is 21.6 Å². The van der Waals surface area contributed by atoms with Crippen molar-refractivity contribution in [1.82, 2.24) is 9.29 Å². The largest absolute Gasteiger partial charge is 0.473 e. The Morgan fingerprint density at radius 2 is 2.13 bits per heavy atom. The van der Waals surface area contributed by atoms with Crippen molar-refractivity contribution in [2.24, 2.45) is 0 Å². The number of ether oxygens (including phenoxy) is 1. The minimum atomic E-state index is -3.54. The molecule has 23 heavy (non-hydrogen) atoms. The zero-order chi connectivity index (χ0) is 16.4. The van der Waals surface area contributed by atoms with Gasteiger partial charge >= 0.3 is 0 Å². The van der Waals surface area contributed by atoms with Gasteiger partial charge in [-0.3, -0.25) is 0 Å². The molecule has 2 aromatic rings. The van der Waals surface area contributed by atoms with Gasteiger partial charge in [-0.2, -0.15) is 4.31 Å². The van der Waals surface area contributed by atoms with E-state index in [4.69, 9.17) is 16.3 Å². The molecule has 3 rings (SSSR count). The minimum Gasteiger partial charge on any atom is -0.473 e. The second kappa shape index (κ2) is 6.47. The fourth-order valence-electron chi connectivity index (χ4n) is 2.48. The van der Waals surface area contributed by atoms with Crippen LogP contribution in [0.3, 0.4) is 0 Å². The number of halogens is 1. The summed E-state index contributed by atoms with van der Waals surface area (Å²) < 4.78 is 32.5. The Balaban J connectivity index is 1.70. The number of hydrogen-bond donors (Lipinski definition) is 0. The number of nitrogens with zero attached hydrogens (tertiary/aromatic N) is 2. The fraction of sp³-hybridized carbons (Fsp3) is 0.312. The van der Waals surface area contributed by atoms with Crippen molar-refractivity contribution in [3.63, 3.8) is 0 Å². The van der Waals surface area contributed by atoms with E-state index in [-0.39, 0.29) is 11.0 Å². The first-order chi connectivity index (χ1) is 10.9. The number of sulfonamides is 1. The summed E-state index contributed by atoms with van der Waals surface area (Å²) in [7, 11) is -3.54. The second-order valence-corrected chi connectivity index (χ2v) is 7.90. The first-order valence-electron chi connectivity index (χ1n) is 7.30. The summed E-state index contributed by atoms with van der Waals surface area (Å²) >= 11 is 5.89. The van der Waals surface area contributed by atoms with Crippen molar-refractivity contribution in [3.05, 3.63) is 53.2 Å². The minimum absolute atomic E-state index is 0.195. The van der Waals surface area contributed by atoms with Crippen molar-refractivity contribution in [2.75, 3.05) is 13.1 Å². The van der Waals surface area contributed by atoms with Gasteiger partial charge in [-0.15, -0.1) is 0 Å². The highest BCUT2D eigenvalue weighted by atomic mass is 35.5. The van der Waals surface area contributed by atoms with E-state index >= 15 is 0 Å². The Labute approximate surface area is 140 Å². The Morgan fingerprint density at radius 1 is 1.30 bits per heavy atom. The van der Waals surface area contributed by atoms with Crippen LogP contribution in [0.1, 0.15) is 12.0 Å². The standard InChI is InChI=1S/C16H17ClN2O3S/c1-12-5-6-16(18-10-12)22-14-7-8-19(11-14)23(20,21)15-4-2-3-13(17)9-15/h2-6,9-10,14H,7-8,11H2,1H3/t14-/m1/s1. The van der Waals surface area contributed by atoms with E-state index in [9.17, 15) is 8.42 Å². The van der Waals surface area contributed by atoms with E-state index in [1.165, 1.54) is 10.4 Å². The summed E-state index contributed by atoms with van der Waals surface area (Å²) in [4.78, 5) is 4.40. The number of aryl methyl sites for hydroxylation is 1. The molecule has 0 aliphatic carbocycles. The van der Waals surface area contributed by atoms with Crippen LogP contribution in [0, 0.1) is 6.92 Å². The molecule has 122 valence electrons. The molecule has 1 aromatic heterocycles. The third-order valence-corrected chi connectivity index (χ3v) is 5.81. The van der Waals surface area contributed by atoms with Crippen LogP contribution in [0.15, 0.2) is 47.5 Å². The van der Waals surface area contributed by atoms with E-state index in [2.05, 4.69) is 4.98 Å². The topological polar surface area (TPSA) is 59.5 Å². The molecule has 0 unspecified atom stereocenters. The van der Waals surface area contributed by atoms with Crippen LogP contribution in [-0.2, 0) is 10.0 Å². The van der Waals surface area contributed by atoms with Gasteiger partial charge in [-0.1, -0.05) is 23.7 Å². The van der Waals surface area contributed by atoms with Crippen LogP contribution < -0.4 is 4.74 Å². The highest BCUT2D eigenvalue weighted by molar-refractivity contribution is 7.89. The predicted molar refractivity (Wildman–Crippen MR) is 88.2 cm³/mol. The number of rotatable bonds is 4. The molecule has 0 saturated carbocycles. The van der Waals surface area contributed by atoms with Crippen LogP contribution in [0.2, 0.25) is 5.02 Å². The number of benzene rings is 1. The van der Waals surface area contributed by atoms with Gasteiger partial charge in [0.25, 0.3) is 0 Å². The Hall–Kier alpha value is -1.63. The lowest BCUT2D eigenvalue weighted by molar-refractivity contribution is 0.207. The molecule has 2 heterocycles. The van der Waals surface area contributed by atoms with E-state index in [0.717, 1.165) is 5.56 Å². The lowest BCUT2D eigenvalue weighted by atomic mass is 10.3. The molecule has 0 radical (unpaired) electrons. The molecule has 0 N–H and O–H groups in total. The third-order valence-electron chi connectivity index (χ3n) is 3.71. The van der Waals surface area contributed by atoms with Gasteiger partial charge in [-0.25, -0.2) is 13.4 Å². The molecule has 1 fully saturated rings. The maximum atomic E-state index is 12.6. The Bertz CT molecular complexity index is 793. The van der Waals surface area contributed by atoms with Crippen LogP contribution in [0.5, 0.6) is 5.88 Å². The number of hydrogen-bond acceptors (Lipinski definition) is 4. The summed E-state index contributed by atoms with van der Waals surface area (Å²) in [5.41, 5.74) is 1.05. The Morgan fingerprint density at radius 3 is 2.83 bits per heavy atom. The maximum Gasteiger partial charge on any atom is 0.243 e. The molecule has 1 aliphatic heterocycles. The highest BCUT2D eigenvalue weighted by Crippen LogP contribution is 2.25. The van der Waals surface area contributed by atoms with Crippen molar-refractivity contribution in [2.45, 2.75) is 24.3 Å². The van der Waals surface area contributed by atoms with Gasteiger partial charge in [0.1, 0.15) is 6.10 Å². The molecule has 0 bridgehead atoms. The van der Waals surface area contributed by atoms with E-state index < -0.39 is 10.0 Å². The summed E-state index contributed by atoms with van der Waals surface area (Å²) in [5, 5.41) is 0.405. The zero-order valence-corrected chi connectivity index (χ0v) is 14.2. The van der Waals surface area contributed by atoms with E-state index in [1.807, 2.05) is 13.0 Å². The molecule has 7 heteroatoms. The van der Waals surface area contributed by atoms with Crippen molar-refractivity contribution < 1.29 is 13.2 Å². The van der Waals surface area contributed by atoms with Gasteiger partial charge < -0.3 is 4.74 Å².